The van der Waals surface area contributed by atoms with Gasteiger partial charge in [-0.2, -0.15) is 0 Å². The van der Waals surface area contributed by atoms with Crippen LogP contribution < -0.4 is 10.6 Å². The average Bonchev–Trinajstić information content (AvgIpc) is 2.36. The zero-order valence-corrected chi connectivity index (χ0v) is 11.2. The Balaban J connectivity index is 2.70. The lowest BCUT2D eigenvalue weighted by Crippen LogP contribution is -2.39. The fourth-order valence-corrected chi connectivity index (χ4v) is 2.26. The zero-order chi connectivity index (χ0) is 13.4. The third kappa shape index (κ3) is 5.14. The molecule has 0 unspecified atom stereocenters. The van der Waals surface area contributed by atoms with Crippen molar-refractivity contribution in [1.29, 1.82) is 0 Å². The van der Waals surface area contributed by atoms with Gasteiger partial charge in [0, 0.05) is 29.4 Å². The first-order valence-corrected chi connectivity index (χ1v) is 7.36. The van der Waals surface area contributed by atoms with Gasteiger partial charge in [-0.3, -0.25) is 4.21 Å². The summed E-state index contributed by atoms with van der Waals surface area (Å²) >= 11 is 0. The molecule has 0 radical (unpaired) electrons. The predicted octanol–water partition coefficient (Wildman–Crippen LogP) is 1.59. The Morgan fingerprint density at radius 1 is 1.44 bits per heavy atom. The fraction of sp³-hybridized carbons (Fsp3) is 0.308. The summed E-state index contributed by atoms with van der Waals surface area (Å²) in [6.45, 7) is 3.93. The van der Waals surface area contributed by atoms with Gasteiger partial charge in [0.05, 0.1) is 6.04 Å². The molecule has 1 aromatic rings. The van der Waals surface area contributed by atoms with Crippen LogP contribution in [-0.2, 0) is 10.8 Å². The summed E-state index contributed by atoms with van der Waals surface area (Å²) in [6.07, 6.45) is 3.23. The first-order chi connectivity index (χ1) is 8.63. The normalized spacial score (nSPS) is 13.4. The molecule has 0 aliphatic carbocycles. The number of amides is 2. The Morgan fingerprint density at radius 2 is 2.11 bits per heavy atom. The van der Waals surface area contributed by atoms with Crippen molar-refractivity contribution in [2.24, 2.45) is 0 Å². The Hall–Kier alpha value is -1.62. The van der Waals surface area contributed by atoms with E-state index >= 15 is 0 Å². The van der Waals surface area contributed by atoms with Crippen molar-refractivity contribution in [3.05, 3.63) is 48.6 Å². The molecule has 0 saturated heterocycles. The summed E-state index contributed by atoms with van der Waals surface area (Å²) in [5.41, 5.74) is 0.946. The van der Waals surface area contributed by atoms with E-state index in [-0.39, 0.29) is 12.1 Å². The summed E-state index contributed by atoms with van der Waals surface area (Å²) < 4.78 is 11.3. The molecule has 2 atom stereocenters. The van der Waals surface area contributed by atoms with Crippen LogP contribution in [0.25, 0.3) is 0 Å². The minimum Gasteiger partial charge on any atom is -0.335 e. The molecule has 5 heteroatoms. The Morgan fingerprint density at radius 3 is 2.67 bits per heavy atom. The molecule has 0 aliphatic rings. The zero-order valence-electron chi connectivity index (χ0n) is 10.4. The van der Waals surface area contributed by atoms with Gasteiger partial charge in [0.25, 0.3) is 0 Å². The van der Waals surface area contributed by atoms with Crippen molar-refractivity contribution in [2.75, 3.05) is 18.6 Å². The van der Waals surface area contributed by atoms with E-state index < -0.39 is 10.8 Å². The summed E-state index contributed by atoms with van der Waals surface area (Å²) in [5.74, 6) is 0.394. The van der Waals surface area contributed by atoms with Crippen LogP contribution in [-0.4, -0.2) is 28.8 Å². The van der Waals surface area contributed by atoms with Crippen molar-refractivity contribution in [3.63, 3.8) is 0 Å². The Kier molecular flexibility index (Phi) is 6.14. The summed E-state index contributed by atoms with van der Waals surface area (Å²) in [5, 5.41) is 5.45. The molecule has 0 spiro atoms. The lowest BCUT2D eigenvalue weighted by Gasteiger charge is -2.18. The van der Waals surface area contributed by atoms with Crippen LogP contribution in [0.3, 0.4) is 0 Å². The van der Waals surface area contributed by atoms with E-state index in [1.165, 1.54) is 0 Å². The van der Waals surface area contributed by atoms with Crippen molar-refractivity contribution >= 4 is 16.8 Å². The first kappa shape index (κ1) is 14.4. The van der Waals surface area contributed by atoms with E-state index in [1.54, 1.807) is 12.3 Å². The van der Waals surface area contributed by atoms with E-state index in [2.05, 4.69) is 17.2 Å². The third-order valence-corrected chi connectivity index (χ3v) is 3.12. The molecule has 2 amide bonds. The van der Waals surface area contributed by atoms with Crippen molar-refractivity contribution < 1.29 is 9.00 Å². The van der Waals surface area contributed by atoms with Crippen LogP contribution in [0.1, 0.15) is 11.6 Å². The molecule has 2 N–H and O–H groups in total. The smallest absolute Gasteiger partial charge is 0.315 e. The highest BCUT2D eigenvalue weighted by molar-refractivity contribution is 7.84. The standard InChI is InChI=1S/C13H18N2O2S/c1-3-9-14-13(16)15-12(10-18(2)17)11-7-5-4-6-8-11/h3-8,12H,1,9-10H2,2H3,(H2,14,15,16)/t12-,18+/m1/s1. The van der Waals surface area contributed by atoms with Gasteiger partial charge in [0.15, 0.2) is 0 Å². The van der Waals surface area contributed by atoms with Crippen LogP contribution in [0.2, 0.25) is 0 Å². The fourth-order valence-electron chi connectivity index (χ4n) is 1.52. The maximum Gasteiger partial charge on any atom is 0.315 e. The van der Waals surface area contributed by atoms with Gasteiger partial charge >= 0.3 is 6.03 Å². The predicted molar refractivity (Wildman–Crippen MR) is 74.8 cm³/mol. The molecule has 18 heavy (non-hydrogen) atoms. The Labute approximate surface area is 110 Å². The first-order valence-electron chi connectivity index (χ1n) is 5.63. The molecule has 0 aliphatic heterocycles. The number of rotatable bonds is 6. The average molecular weight is 266 g/mol. The number of urea groups is 1. The van der Waals surface area contributed by atoms with E-state index in [1.807, 2.05) is 30.3 Å². The monoisotopic (exact) mass is 266 g/mol. The van der Waals surface area contributed by atoms with Gasteiger partial charge in [-0.25, -0.2) is 4.79 Å². The molecular weight excluding hydrogens is 248 g/mol. The molecule has 4 nitrogen and oxygen atoms in total. The van der Waals surface area contributed by atoms with Crippen LogP contribution in [0.4, 0.5) is 4.79 Å². The van der Waals surface area contributed by atoms with Crippen LogP contribution in [0.5, 0.6) is 0 Å². The molecule has 0 saturated carbocycles. The minimum atomic E-state index is -0.981. The lowest BCUT2D eigenvalue weighted by molar-refractivity contribution is 0.239. The quantitative estimate of drug-likeness (QED) is 0.768. The van der Waals surface area contributed by atoms with Gasteiger partial charge in [-0.1, -0.05) is 36.4 Å². The number of carbonyl (C=O) groups is 1. The maximum atomic E-state index is 11.6. The molecule has 0 fully saturated rings. The SMILES string of the molecule is C=CCNC(=O)N[C@H](C[S@](C)=O)c1ccccc1. The number of hydrogen-bond acceptors (Lipinski definition) is 2. The maximum absolute atomic E-state index is 11.6. The number of carbonyl (C=O) groups excluding carboxylic acids is 1. The summed E-state index contributed by atoms with van der Waals surface area (Å²) in [7, 11) is -0.981. The largest absolute Gasteiger partial charge is 0.335 e. The van der Waals surface area contributed by atoms with Crippen LogP contribution >= 0.6 is 0 Å². The van der Waals surface area contributed by atoms with E-state index in [9.17, 15) is 9.00 Å². The molecule has 1 rings (SSSR count). The molecule has 0 heterocycles. The van der Waals surface area contributed by atoms with Gasteiger partial charge in [0.2, 0.25) is 0 Å². The topological polar surface area (TPSA) is 58.2 Å². The lowest BCUT2D eigenvalue weighted by atomic mass is 10.1. The highest BCUT2D eigenvalue weighted by Crippen LogP contribution is 2.13. The molecule has 0 bridgehead atoms. The minimum absolute atomic E-state index is 0.248. The van der Waals surface area contributed by atoms with Crippen LogP contribution in [0, 0.1) is 0 Å². The second kappa shape index (κ2) is 7.66. The van der Waals surface area contributed by atoms with E-state index in [4.69, 9.17) is 0 Å². The van der Waals surface area contributed by atoms with Crippen molar-refractivity contribution in [1.82, 2.24) is 10.6 Å². The third-order valence-electron chi connectivity index (χ3n) is 2.32. The van der Waals surface area contributed by atoms with Gasteiger partial charge in [0.1, 0.15) is 0 Å². The van der Waals surface area contributed by atoms with Gasteiger partial charge in [-0.05, 0) is 5.56 Å². The van der Waals surface area contributed by atoms with Crippen molar-refractivity contribution in [3.8, 4) is 0 Å². The number of hydrogen-bond donors (Lipinski definition) is 2. The molecule has 98 valence electrons. The second-order valence-corrected chi connectivity index (χ2v) is 5.33. The summed E-state index contributed by atoms with van der Waals surface area (Å²) in [4.78, 5) is 11.6. The Bertz CT molecular complexity index is 420. The number of nitrogens with one attached hydrogen (secondary N) is 2. The molecule has 1 aromatic carbocycles. The van der Waals surface area contributed by atoms with E-state index in [0.29, 0.717) is 12.3 Å². The van der Waals surface area contributed by atoms with Gasteiger partial charge in [-0.15, -0.1) is 6.58 Å². The molecular formula is C13H18N2O2S. The van der Waals surface area contributed by atoms with E-state index in [0.717, 1.165) is 5.56 Å². The summed E-state index contributed by atoms with van der Waals surface area (Å²) in [6, 6.07) is 8.97. The molecule has 0 aromatic heterocycles. The number of benzene rings is 1. The highest BCUT2D eigenvalue weighted by Gasteiger charge is 2.15. The van der Waals surface area contributed by atoms with Crippen molar-refractivity contribution in [2.45, 2.75) is 6.04 Å². The second-order valence-electron chi connectivity index (χ2n) is 3.85. The van der Waals surface area contributed by atoms with Crippen LogP contribution in [0.15, 0.2) is 43.0 Å². The highest BCUT2D eigenvalue weighted by atomic mass is 32.2. The van der Waals surface area contributed by atoms with Gasteiger partial charge < -0.3 is 10.6 Å².